The molecule has 0 aromatic rings. The molecule has 0 saturated carbocycles. The van der Waals surface area contributed by atoms with Crippen molar-refractivity contribution in [2.45, 2.75) is 58.6 Å². The van der Waals surface area contributed by atoms with E-state index in [1.807, 2.05) is 20.8 Å². The molecule has 0 atom stereocenters. The van der Waals surface area contributed by atoms with Gasteiger partial charge in [0.15, 0.2) is 0 Å². The Morgan fingerprint density at radius 1 is 1.33 bits per heavy atom. The zero-order valence-corrected chi connectivity index (χ0v) is 13.7. The fourth-order valence-electron chi connectivity index (χ4n) is 2.34. The van der Waals surface area contributed by atoms with Crippen molar-refractivity contribution in [1.82, 2.24) is 10.2 Å². The fraction of sp³-hybridized carbons (Fsp3) is 0.867. The van der Waals surface area contributed by atoms with Gasteiger partial charge < -0.3 is 20.1 Å². The first-order valence-electron chi connectivity index (χ1n) is 7.48. The first kappa shape index (κ1) is 17.8. The summed E-state index contributed by atoms with van der Waals surface area (Å²) in [6, 6.07) is 0. The molecule has 6 nitrogen and oxygen atoms in total. The number of amides is 1. The van der Waals surface area contributed by atoms with E-state index in [0.717, 1.165) is 13.0 Å². The van der Waals surface area contributed by atoms with Crippen LogP contribution in [0.15, 0.2) is 0 Å². The third kappa shape index (κ3) is 5.91. The Morgan fingerprint density at radius 2 is 1.90 bits per heavy atom. The first-order valence-corrected chi connectivity index (χ1v) is 7.48. The Bertz CT molecular complexity index is 382. The molecular formula is C15H28N2O4. The summed E-state index contributed by atoms with van der Waals surface area (Å²) in [5.41, 5.74) is -1.05. The summed E-state index contributed by atoms with van der Waals surface area (Å²) in [5, 5.41) is 12.4. The van der Waals surface area contributed by atoms with Crippen LogP contribution >= 0.6 is 0 Å². The maximum atomic E-state index is 11.9. The van der Waals surface area contributed by atoms with Crippen LogP contribution in [-0.4, -0.2) is 52.8 Å². The summed E-state index contributed by atoms with van der Waals surface area (Å²) in [5.74, 6) is -0.294. The number of nitrogens with one attached hydrogen (secondary N) is 1. The van der Waals surface area contributed by atoms with Crippen LogP contribution < -0.4 is 5.32 Å². The molecule has 0 aromatic heterocycles. The lowest BCUT2D eigenvalue weighted by Crippen LogP contribution is -2.71. The van der Waals surface area contributed by atoms with Crippen molar-refractivity contribution < 1.29 is 19.4 Å². The van der Waals surface area contributed by atoms with E-state index in [0.29, 0.717) is 19.0 Å². The predicted molar refractivity (Wildman–Crippen MR) is 80.2 cm³/mol. The van der Waals surface area contributed by atoms with Gasteiger partial charge in [-0.1, -0.05) is 13.8 Å². The molecule has 2 N–H and O–H groups in total. The van der Waals surface area contributed by atoms with Crippen LogP contribution in [0, 0.1) is 5.92 Å². The molecule has 0 aromatic carbocycles. The number of carboxylic acids is 1. The van der Waals surface area contributed by atoms with Gasteiger partial charge in [0.1, 0.15) is 5.60 Å². The van der Waals surface area contributed by atoms with E-state index < -0.39 is 17.1 Å². The molecular weight excluding hydrogens is 272 g/mol. The Morgan fingerprint density at radius 3 is 2.33 bits per heavy atom. The molecule has 0 radical (unpaired) electrons. The molecule has 1 saturated heterocycles. The largest absolute Gasteiger partial charge is 0.481 e. The van der Waals surface area contributed by atoms with Gasteiger partial charge in [0.25, 0.3) is 0 Å². The fourth-order valence-corrected chi connectivity index (χ4v) is 2.34. The SMILES string of the molecule is CC(C)CCNC1(CC(=O)O)CN(C(=O)OC(C)(C)C)C1. The molecule has 1 fully saturated rings. The van der Waals surface area contributed by atoms with Crippen molar-refractivity contribution in [3.63, 3.8) is 0 Å². The Balaban J connectivity index is 2.53. The van der Waals surface area contributed by atoms with E-state index in [-0.39, 0.29) is 12.5 Å². The van der Waals surface area contributed by atoms with Crippen LogP contribution in [0.25, 0.3) is 0 Å². The summed E-state index contributed by atoms with van der Waals surface area (Å²) in [6.45, 7) is 11.2. The second kappa shape index (κ2) is 6.64. The highest BCUT2D eigenvalue weighted by molar-refractivity contribution is 5.73. The minimum Gasteiger partial charge on any atom is -0.481 e. The van der Waals surface area contributed by atoms with Crippen molar-refractivity contribution >= 4 is 12.1 Å². The zero-order chi connectivity index (χ0) is 16.3. The monoisotopic (exact) mass is 300 g/mol. The number of aliphatic carboxylic acids is 1. The highest BCUT2D eigenvalue weighted by atomic mass is 16.6. The lowest BCUT2D eigenvalue weighted by Gasteiger charge is -2.49. The second-order valence-electron chi connectivity index (χ2n) is 7.30. The molecule has 1 rings (SSSR count). The van der Waals surface area contributed by atoms with E-state index >= 15 is 0 Å². The van der Waals surface area contributed by atoms with Gasteiger partial charge in [-0.2, -0.15) is 0 Å². The van der Waals surface area contributed by atoms with Crippen LogP contribution in [0.1, 0.15) is 47.5 Å². The molecule has 1 heterocycles. The number of ether oxygens (including phenoxy) is 1. The van der Waals surface area contributed by atoms with Gasteiger partial charge in [-0.15, -0.1) is 0 Å². The summed E-state index contributed by atoms with van der Waals surface area (Å²) in [6.07, 6.45) is 0.618. The van der Waals surface area contributed by atoms with Gasteiger partial charge in [-0.3, -0.25) is 4.79 Å². The van der Waals surface area contributed by atoms with Crippen LogP contribution in [0.2, 0.25) is 0 Å². The maximum Gasteiger partial charge on any atom is 0.410 e. The number of rotatable bonds is 6. The number of carbonyl (C=O) groups excluding carboxylic acids is 1. The molecule has 0 bridgehead atoms. The van der Waals surface area contributed by atoms with E-state index in [1.54, 1.807) is 4.90 Å². The van der Waals surface area contributed by atoms with Gasteiger partial charge in [0.05, 0.1) is 12.0 Å². The van der Waals surface area contributed by atoms with E-state index in [2.05, 4.69) is 19.2 Å². The lowest BCUT2D eigenvalue weighted by atomic mass is 9.86. The standard InChI is InChI=1S/C15H28N2O4/c1-11(2)6-7-16-15(8-12(18)19)9-17(10-15)13(20)21-14(3,4)5/h11,16H,6-10H2,1-5H3,(H,18,19). The normalized spacial score (nSPS) is 17.5. The molecule has 122 valence electrons. The van der Waals surface area contributed by atoms with Crippen molar-refractivity contribution in [2.24, 2.45) is 5.92 Å². The maximum absolute atomic E-state index is 11.9. The quantitative estimate of drug-likeness (QED) is 0.785. The van der Waals surface area contributed by atoms with Crippen LogP contribution in [0.4, 0.5) is 4.79 Å². The minimum absolute atomic E-state index is 0.0182. The third-order valence-corrected chi connectivity index (χ3v) is 3.35. The van der Waals surface area contributed by atoms with Crippen LogP contribution in [0.3, 0.4) is 0 Å². The molecule has 0 spiro atoms. The lowest BCUT2D eigenvalue weighted by molar-refractivity contribution is -0.141. The molecule has 0 unspecified atom stereocenters. The van der Waals surface area contributed by atoms with Crippen LogP contribution in [0.5, 0.6) is 0 Å². The summed E-state index contributed by atoms with van der Waals surface area (Å²) < 4.78 is 5.29. The second-order valence-corrected chi connectivity index (χ2v) is 7.30. The molecule has 1 aliphatic rings. The highest BCUT2D eigenvalue weighted by Crippen LogP contribution is 2.27. The van der Waals surface area contributed by atoms with Crippen molar-refractivity contribution in [1.29, 1.82) is 0 Å². The Hall–Kier alpha value is -1.30. The number of nitrogens with zero attached hydrogens (tertiary/aromatic N) is 1. The summed E-state index contributed by atoms with van der Waals surface area (Å²) >= 11 is 0. The first-order chi connectivity index (χ1) is 9.53. The number of carboxylic acid groups (broad SMARTS) is 1. The molecule has 21 heavy (non-hydrogen) atoms. The Labute approximate surface area is 126 Å². The number of likely N-dealkylation sites (tertiary alicyclic amines) is 1. The number of carbonyl (C=O) groups is 2. The van der Waals surface area contributed by atoms with Crippen LogP contribution in [-0.2, 0) is 9.53 Å². The predicted octanol–water partition coefficient (Wildman–Crippen LogP) is 2.09. The van der Waals surface area contributed by atoms with Gasteiger partial charge >= 0.3 is 12.1 Å². The molecule has 1 amide bonds. The topological polar surface area (TPSA) is 78.9 Å². The van der Waals surface area contributed by atoms with E-state index in [4.69, 9.17) is 9.84 Å². The Kier molecular flexibility index (Phi) is 5.61. The zero-order valence-electron chi connectivity index (χ0n) is 13.7. The van der Waals surface area contributed by atoms with Gasteiger partial charge in [0.2, 0.25) is 0 Å². The van der Waals surface area contributed by atoms with Gasteiger partial charge in [-0.25, -0.2) is 4.79 Å². The van der Waals surface area contributed by atoms with Crippen molar-refractivity contribution in [2.75, 3.05) is 19.6 Å². The molecule has 0 aliphatic carbocycles. The smallest absolute Gasteiger partial charge is 0.410 e. The number of hydrogen-bond acceptors (Lipinski definition) is 4. The minimum atomic E-state index is -0.851. The summed E-state index contributed by atoms with van der Waals surface area (Å²) in [7, 11) is 0. The van der Waals surface area contributed by atoms with E-state index in [9.17, 15) is 9.59 Å². The average molecular weight is 300 g/mol. The number of hydrogen-bond donors (Lipinski definition) is 2. The van der Waals surface area contributed by atoms with Gasteiger partial charge in [0, 0.05) is 13.1 Å². The third-order valence-electron chi connectivity index (χ3n) is 3.35. The highest BCUT2D eigenvalue weighted by Gasteiger charge is 2.47. The average Bonchev–Trinajstić information content (AvgIpc) is 2.20. The summed E-state index contributed by atoms with van der Waals surface area (Å²) in [4.78, 5) is 24.5. The van der Waals surface area contributed by atoms with E-state index in [1.165, 1.54) is 0 Å². The van der Waals surface area contributed by atoms with Crippen molar-refractivity contribution in [3.8, 4) is 0 Å². The van der Waals surface area contributed by atoms with Crippen molar-refractivity contribution in [3.05, 3.63) is 0 Å². The molecule has 6 heteroatoms. The molecule has 1 aliphatic heterocycles. The van der Waals surface area contributed by atoms with Gasteiger partial charge in [-0.05, 0) is 39.7 Å².